The topological polar surface area (TPSA) is 49.9 Å². The Kier molecular flexibility index (Phi) is 7.26. The molecule has 0 spiro atoms. The molecule has 0 aromatic heterocycles. The van der Waals surface area contributed by atoms with E-state index in [-0.39, 0.29) is 18.0 Å². The Bertz CT molecular complexity index is 535. The van der Waals surface area contributed by atoms with Crippen LogP contribution in [0.25, 0.3) is 0 Å². The number of carbonyl (C=O) groups is 2. The summed E-state index contributed by atoms with van der Waals surface area (Å²) in [5.41, 5.74) is 0.486. The molecule has 0 N–H and O–H groups in total. The first kappa shape index (κ1) is 20.0. The molecule has 1 aromatic rings. The standard InChI is InChI=1S/C19H30N2O3/c1-15(12-13-17(22)20(5)6)21(18(23)24-19(2,3)4)14-16-10-8-7-9-11-16/h7-11,15H,12-14H2,1-6H3. The Balaban J connectivity index is 2.83. The molecule has 1 unspecified atom stereocenters. The Morgan fingerprint density at radius 3 is 2.21 bits per heavy atom. The number of nitrogens with zero attached hydrogens (tertiary/aromatic N) is 2. The molecule has 0 heterocycles. The molecule has 0 aliphatic carbocycles. The summed E-state index contributed by atoms with van der Waals surface area (Å²) in [5.74, 6) is 0.0608. The molecule has 0 aliphatic rings. The summed E-state index contributed by atoms with van der Waals surface area (Å²) in [6.45, 7) is 7.98. The minimum Gasteiger partial charge on any atom is -0.444 e. The number of hydrogen-bond donors (Lipinski definition) is 0. The molecule has 0 saturated heterocycles. The van der Waals surface area contributed by atoms with Crippen LogP contribution in [0, 0.1) is 0 Å². The number of carbonyl (C=O) groups excluding carboxylic acids is 2. The predicted octanol–water partition coefficient (Wildman–Crippen LogP) is 3.68. The van der Waals surface area contributed by atoms with Crippen molar-refractivity contribution in [2.75, 3.05) is 14.1 Å². The van der Waals surface area contributed by atoms with Gasteiger partial charge in [0, 0.05) is 33.1 Å². The molecule has 0 radical (unpaired) electrons. The minimum absolute atomic E-state index is 0.0608. The summed E-state index contributed by atoms with van der Waals surface area (Å²) in [7, 11) is 3.48. The van der Waals surface area contributed by atoms with E-state index >= 15 is 0 Å². The van der Waals surface area contributed by atoms with E-state index in [1.807, 2.05) is 58.0 Å². The second-order valence-electron chi connectivity index (χ2n) is 7.27. The zero-order valence-corrected chi connectivity index (χ0v) is 15.7. The Hall–Kier alpha value is -2.04. The molecule has 5 nitrogen and oxygen atoms in total. The highest BCUT2D eigenvalue weighted by Gasteiger charge is 2.26. The van der Waals surface area contributed by atoms with E-state index in [2.05, 4.69) is 0 Å². The van der Waals surface area contributed by atoms with E-state index < -0.39 is 5.60 Å². The van der Waals surface area contributed by atoms with E-state index in [0.29, 0.717) is 19.4 Å². The fraction of sp³-hybridized carbons (Fsp3) is 0.579. The van der Waals surface area contributed by atoms with Gasteiger partial charge >= 0.3 is 6.09 Å². The number of hydrogen-bond acceptors (Lipinski definition) is 3. The smallest absolute Gasteiger partial charge is 0.410 e. The van der Waals surface area contributed by atoms with Gasteiger partial charge < -0.3 is 14.5 Å². The highest BCUT2D eigenvalue weighted by atomic mass is 16.6. The quantitative estimate of drug-likeness (QED) is 0.797. The SMILES string of the molecule is CC(CCC(=O)N(C)C)N(Cc1ccccc1)C(=O)OC(C)(C)C. The van der Waals surface area contributed by atoms with Gasteiger partial charge in [0.05, 0.1) is 0 Å². The molecule has 1 rings (SSSR count). The lowest BCUT2D eigenvalue weighted by molar-refractivity contribution is -0.129. The van der Waals surface area contributed by atoms with Crippen LogP contribution < -0.4 is 0 Å². The average molecular weight is 334 g/mol. The van der Waals surface area contributed by atoms with Gasteiger partial charge in [-0.1, -0.05) is 30.3 Å². The number of amides is 2. The van der Waals surface area contributed by atoms with Crippen molar-refractivity contribution in [1.82, 2.24) is 9.80 Å². The second-order valence-corrected chi connectivity index (χ2v) is 7.27. The largest absolute Gasteiger partial charge is 0.444 e. The van der Waals surface area contributed by atoms with Crippen LogP contribution in [0.1, 0.15) is 46.1 Å². The van der Waals surface area contributed by atoms with Crippen molar-refractivity contribution in [3.63, 3.8) is 0 Å². The molecule has 2 amide bonds. The average Bonchev–Trinajstić information content (AvgIpc) is 2.49. The summed E-state index contributed by atoms with van der Waals surface area (Å²) >= 11 is 0. The maximum Gasteiger partial charge on any atom is 0.410 e. The van der Waals surface area contributed by atoms with Gasteiger partial charge in [-0.25, -0.2) is 4.79 Å². The first-order chi connectivity index (χ1) is 11.1. The summed E-state index contributed by atoms with van der Waals surface area (Å²) in [5, 5.41) is 0. The maximum atomic E-state index is 12.6. The number of benzene rings is 1. The summed E-state index contributed by atoms with van der Waals surface area (Å²) < 4.78 is 5.54. The van der Waals surface area contributed by atoms with Gasteiger partial charge in [-0.2, -0.15) is 0 Å². The molecule has 5 heteroatoms. The van der Waals surface area contributed by atoms with Crippen LogP contribution in [0.3, 0.4) is 0 Å². The maximum absolute atomic E-state index is 12.6. The van der Waals surface area contributed by atoms with Crippen molar-refractivity contribution in [1.29, 1.82) is 0 Å². The van der Waals surface area contributed by atoms with E-state index in [1.165, 1.54) is 0 Å². The molecule has 24 heavy (non-hydrogen) atoms. The van der Waals surface area contributed by atoms with Crippen LogP contribution in [-0.2, 0) is 16.1 Å². The Morgan fingerprint density at radius 2 is 1.71 bits per heavy atom. The third kappa shape index (κ3) is 7.02. The van der Waals surface area contributed by atoms with E-state index in [9.17, 15) is 9.59 Å². The molecule has 134 valence electrons. The minimum atomic E-state index is -0.550. The lowest BCUT2D eigenvalue weighted by Crippen LogP contribution is -2.42. The van der Waals surface area contributed by atoms with Gasteiger partial charge in [-0.15, -0.1) is 0 Å². The summed E-state index contributed by atoms with van der Waals surface area (Å²) in [6.07, 6.45) is 0.655. The third-order valence-electron chi connectivity index (χ3n) is 3.63. The van der Waals surface area contributed by atoms with Gasteiger partial charge in [0.1, 0.15) is 5.60 Å². The molecule has 0 fully saturated rings. The summed E-state index contributed by atoms with van der Waals surface area (Å²) in [6, 6.07) is 9.71. The van der Waals surface area contributed by atoms with Gasteiger partial charge in [0.15, 0.2) is 0 Å². The summed E-state index contributed by atoms with van der Waals surface area (Å²) in [4.78, 5) is 27.7. The Morgan fingerprint density at radius 1 is 1.12 bits per heavy atom. The zero-order valence-electron chi connectivity index (χ0n) is 15.7. The number of rotatable bonds is 6. The van der Waals surface area contributed by atoms with Gasteiger partial charge in [0.25, 0.3) is 0 Å². The van der Waals surface area contributed by atoms with Crippen LogP contribution in [0.4, 0.5) is 4.79 Å². The third-order valence-corrected chi connectivity index (χ3v) is 3.63. The lowest BCUT2D eigenvalue weighted by Gasteiger charge is -2.32. The van der Waals surface area contributed by atoms with Gasteiger partial charge in [-0.3, -0.25) is 4.79 Å². The normalized spacial score (nSPS) is 12.4. The molecular weight excluding hydrogens is 304 g/mol. The molecule has 0 saturated carbocycles. The predicted molar refractivity (Wildman–Crippen MR) is 95.6 cm³/mol. The van der Waals surface area contributed by atoms with E-state index in [0.717, 1.165) is 5.56 Å². The number of ether oxygens (including phenoxy) is 1. The van der Waals surface area contributed by atoms with Crippen molar-refractivity contribution in [3.05, 3.63) is 35.9 Å². The first-order valence-electron chi connectivity index (χ1n) is 8.34. The van der Waals surface area contributed by atoms with Crippen LogP contribution in [0.2, 0.25) is 0 Å². The van der Waals surface area contributed by atoms with Crippen molar-refractivity contribution >= 4 is 12.0 Å². The fourth-order valence-electron chi connectivity index (χ4n) is 2.21. The van der Waals surface area contributed by atoms with E-state index in [1.54, 1.807) is 23.9 Å². The molecular formula is C19H30N2O3. The van der Waals surface area contributed by atoms with Crippen LogP contribution in [0.15, 0.2) is 30.3 Å². The van der Waals surface area contributed by atoms with Crippen LogP contribution in [-0.4, -0.2) is 47.5 Å². The van der Waals surface area contributed by atoms with Gasteiger partial charge in [0.2, 0.25) is 5.91 Å². The Labute approximate surface area is 145 Å². The lowest BCUT2D eigenvalue weighted by atomic mass is 10.1. The van der Waals surface area contributed by atoms with Crippen LogP contribution in [0.5, 0.6) is 0 Å². The van der Waals surface area contributed by atoms with Crippen molar-refractivity contribution in [2.45, 2.75) is 58.7 Å². The van der Waals surface area contributed by atoms with Crippen molar-refractivity contribution in [2.24, 2.45) is 0 Å². The van der Waals surface area contributed by atoms with E-state index in [4.69, 9.17) is 4.74 Å². The first-order valence-corrected chi connectivity index (χ1v) is 8.34. The van der Waals surface area contributed by atoms with Crippen molar-refractivity contribution < 1.29 is 14.3 Å². The highest BCUT2D eigenvalue weighted by molar-refractivity contribution is 5.75. The molecule has 0 bridgehead atoms. The zero-order chi connectivity index (χ0) is 18.3. The molecule has 1 atom stereocenters. The van der Waals surface area contributed by atoms with Crippen molar-refractivity contribution in [3.8, 4) is 0 Å². The second kappa shape index (κ2) is 8.71. The molecule has 0 aliphatic heterocycles. The molecule has 1 aromatic carbocycles. The van der Waals surface area contributed by atoms with Gasteiger partial charge in [-0.05, 0) is 39.7 Å². The fourth-order valence-corrected chi connectivity index (χ4v) is 2.21. The van der Waals surface area contributed by atoms with Crippen LogP contribution >= 0.6 is 0 Å². The highest BCUT2D eigenvalue weighted by Crippen LogP contribution is 2.17. The monoisotopic (exact) mass is 334 g/mol.